The van der Waals surface area contributed by atoms with Crippen LogP contribution in [0.1, 0.15) is 36.0 Å². The first-order valence-corrected chi connectivity index (χ1v) is 8.52. The zero-order valence-electron chi connectivity index (χ0n) is 15.5. The van der Waals surface area contributed by atoms with Crippen LogP contribution in [0, 0.1) is 6.92 Å². The highest BCUT2D eigenvalue weighted by Crippen LogP contribution is 2.35. The fourth-order valence-electron chi connectivity index (χ4n) is 2.39. The Labute approximate surface area is 160 Å². The van der Waals surface area contributed by atoms with E-state index in [1.807, 2.05) is 0 Å². The van der Waals surface area contributed by atoms with Crippen molar-refractivity contribution >= 4 is 34.2 Å². The van der Waals surface area contributed by atoms with E-state index in [0.29, 0.717) is 17.1 Å². The summed E-state index contributed by atoms with van der Waals surface area (Å²) in [7, 11) is 5.40. The molecule has 0 fully saturated rings. The van der Waals surface area contributed by atoms with Crippen molar-refractivity contribution in [2.75, 3.05) is 33.8 Å². The van der Waals surface area contributed by atoms with Crippen molar-refractivity contribution in [3.05, 3.63) is 39.8 Å². The maximum absolute atomic E-state index is 12.6. The molecule has 0 atom stereocenters. The summed E-state index contributed by atoms with van der Waals surface area (Å²) >= 11 is 0.940. The lowest BCUT2D eigenvalue weighted by molar-refractivity contribution is 0.0601. The summed E-state index contributed by atoms with van der Waals surface area (Å²) in [5.74, 6) is -0.894. The number of carbonyl (C=O) groups is 3. The first-order chi connectivity index (χ1) is 12.9. The highest BCUT2D eigenvalue weighted by molar-refractivity contribution is 7.18. The maximum Gasteiger partial charge on any atom is 0.348 e. The van der Waals surface area contributed by atoms with Crippen molar-refractivity contribution in [2.24, 2.45) is 0 Å². The van der Waals surface area contributed by atoms with Crippen molar-refractivity contribution in [1.82, 2.24) is 0 Å². The minimum absolute atomic E-state index is 0.108. The van der Waals surface area contributed by atoms with Crippen molar-refractivity contribution in [3.63, 3.8) is 0 Å². The summed E-state index contributed by atoms with van der Waals surface area (Å²) in [5, 5.41) is 2.84. The Bertz CT molecular complexity index is 888. The number of nitrogens with one attached hydrogen (secondary N) is 1. The largest absolute Gasteiger partial charge is 0.493 e. The summed E-state index contributed by atoms with van der Waals surface area (Å²) < 4.78 is 19.8. The average molecular weight is 393 g/mol. The molecule has 0 bridgehead atoms. The van der Waals surface area contributed by atoms with E-state index < -0.39 is 17.8 Å². The highest BCUT2D eigenvalue weighted by Gasteiger charge is 2.27. The van der Waals surface area contributed by atoms with Crippen molar-refractivity contribution in [2.45, 2.75) is 6.92 Å². The predicted octanol–water partition coefficient (Wildman–Crippen LogP) is 2.90. The summed E-state index contributed by atoms with van der Waals surface area (Å²) in [6.07, 6.45) is 0. The van der Waals surface area contributed by atoms with E-state index in [1.165, 1.54) is 34.5 Å². The first-order valence-electron chi connectivity index (χ1n) is 7.71. The second-order valence-corrected chi connectivity index (χ2v) is 6.29. The van der Waals surface area contributed by atoms with Gasteiger partial charge < -0.3 is 24.3 Å². The van der Waals surface area contributed by atoms with Crippen LogP contribution in [0.4, 0.5) is 5.00 Å². The maximum atomic E-state index is 12.6. The molecule has 1 N–H and O–H groups in total. The number of methoxy groups -OCH3 is 4. The van der Waals surface area contributed by atoms with Crippen molar-refractivity contribution < 1.29 is 33.3 Å². The second kappa shape index (κ2) is 8.54. The van der Waals surface area contributed by atoms with Crippen LogP contribution in [0.25, 0.3) is 0 Å². The monoisotopic (exact) mass is 393 g/mol. The van der Waals surface area contributed by atoms with Crippen LogP contribution < -0.4 is 14.8 Å². The third kappa shape index (κ3) is 4.03. The molecule has 27 heavy (non-hydrogen) atoms. The molecule has 0 unspecified atom stereocenters. The number of esters is 2. The molecule has 0 saturated carbocycles. The molecule has 8 nitrogen and oxygen atoms in total. The number of carbonyl (C=O) groups excluding carboxylic acids is 3. The Balaban J connectivity index is 2.42. The Hall–Kier alpha value is -3.07. The lowest BCUT2D eigenvalue weighted by Gasteiger charge is -2.10. The summed E-state index contributed by atoms with van der Waals surface area (Å²) in [6.45, 7) is 1.58. The highest BCUT2D eigenvalue weighted by atomic mass is 32.1. The minimum Gasteiger partial charge on any atom is -0.493 e. The Morgan fingerprint density at radius 1 is 0.926 bits per heavy atom. The van der Waals surface area contributed by atoms with Gasteiger partial charge in [-0.1, -0.05) is 0 Å². The molecule has 0 aliphatic rings. The third-order valence-electron chi connectivity index (χ3n) is 3.78. The number of rotatable bonds is 6. The molecule has 1 amide bonds. The molecule has 1 aromatic carbocycles. The van der Waals surface area contributed by atoms with Gasteiger partial charge in [-0.25, -0.2) is 9.59 Å². The van der Waals surface area contributed by atoms with E-state index in [2.05, 4.69) is 5.32 Å². The van der Waals surface area contributed by atoms with Gasteiger partial charge in [-0.3, -0.25) is 4.79 Å². The molecule has 9 heteroatoms. The van der Waals surface area contributed by atoms with Gasteiger partial charge >= 0.3 is 11.9 Å². The number of hydrogen-bond donors (Lipinski definition) is 1. The van der Waals surface area contributed by atoms with Crippen molar-refractivity contribution in [1.29, 1.82) is 0 Å². The van der Waals surface area contributed by atoms with Crippen LogP contribution in [0.3, 0.4) is 0 Å². The fourth-order valence-corrected chi connectivity index (χ4v) is 3.50. The smallest absolute Gasteiger partial charge is 0.348 e. The molecule has 144 valence electrons. The first kappa shape index (κ1) is 20.2. The molecule has 0 spiro atoms. The van der Waals surface area contributed by atoms with Crippen LogP contribution in [0.5, 0.6) is 11.5 Å². The van der Waals surface area contributed by atoms with E-state index in [0.717, 1.165) is 11.3 Å². The van der Waals surface area contributed by atoms with E-state index in [9.17, 15) is 14.4 Å². The van der Waals surface area contributed by atoms with Gasteiger partial charge in [-0.05, 0) is 30.7 Å². The molecular weight excluding hydrogens is 374 g/mol. The SMILES string of the molecule is COC(=O)c1sc(NC(=O)c2ccc(OC)c(OC)c2)c(C(=O)OC)c1C. The summed E-state index contributed by atoms with van der Waals surface area (Å²) in [5.41, 5.74) is 0.771. The fraction of sp³-hybridized carbons (Fsp3) is 0.278. The topological polar surface area (TPSA) is 100 Å². The standard InChI is InChI=1S/C18H19NO7S/c1-9-13(17(21)25-4)16(27-14(9)18(22)26-5)19-15(20)10-6-7-11(23-2)12(8-10)24-3/h6-8H,1-5H3,(H,19,20). The van der Waals surface area contributed by atoms with Gasteiger partial charge in [0.1, 0.15) is 9.88 Å². The number of thiophene rings is 1. The lowest BCUT2D eigenvalue weighted by Crippen LogP contribution is -2.14. The molecule has 2 aromatic rings. The predicted molar refractivity (Wildman–Crippen MR) is 99.2 cm³/mol. The quantitative estimate of drug-likeness (QED) is 0.753. The van der Waals surface area contributed by atoms with Gasteiger partial charge in [-0.15, -0.1) is 11.3 Å². The van der Waals surface area contributed by atoms with Gasteiger partial charge in [0.05, 0.1) is 34.0 Å². The Kier molecular flexibility index (Phi) is 6.40. The van der Waals surface area contributed by atoms with E-state index in [4.69, 9.17) is 18.9 Å². The number of benzene rings is 1. The number of amides is 1. The summed E-state index contributed by atoms with van der Waals surface area (Å²) in [4.78, 5) is 36.9. The Morgan fingerprint density at radius 2 is 1.56 bits per heavy atom. The van der Waals surface area contributed by atoms with Crippen LogP contribution >= 0.6 is 11.3 Å². The normalized spacial score (nSPS) is 10.1. The number of ether oxygens (including phenoxy) is 4. The molecule has 2 rings (SSSR count). The van der Waals surface area contributed by atoms with Gasteiger partial charge in [-0.2, -0.15) is 0 Å². The molecule has 0 saturated heterocycles. The molecular formula is C18H19NO7S. The number of hydrogen-bond acceptors (Lipinski definition) is 8. The van der Waals surface area contributed by atoms with Crippen LogP contribution in [-0.4, -0.2) is 46.3 Å². The summed E-state index contributed by atoms with van der Waals surface area (Å²) in [6, 6.07) is 4.65. The zero-order valence-corrected chi connectivity index (χ0v) is 16.3. The third-order valence-corrected chi connectivity index (χ3v) is 4.97. The average Bonchev–Trinajstić information content (AvgIpc) is 3.01. The Morgan fingerprint density at radius 3 is 2.11 bits per heavy atom. The van der Waals surface area contributed by atoms with Gasteiger partial charge in [0, 0.05) is 5.56 Å². The molecule has 0 aliphatic heterocycles. The number of anilines is 1. The second-order valence-electron chi connectivity index (χ2n) is 5.27. The van der Waals surface area contributed by atoms with Crippen LogP contribution in [0.15, 0.2) is 18.2 Å². The van der Waals surface area contributed by atoms with Gasteiger partial charge in [0.2, 0.25) is 0 Å². The van der Waals surface area contributed by atoms with Crippen LogP contribution in [-0.2, 0) is 9.47 Å². The molecule has 1 heterocycles. The van der Waals surface area contributed by atoms with Gasteiger partial charge in [0.25, 0.3) is 5.91 Å². The van der Waals surface area contributed by atoms with E-state index in [1.54, 1.807) is 19.1 Å². The lowest BCUT2D eigenvalue weighted by atomic mass is 10.1. The van der Waals surface area contributed by atoms with E-state index >= 15 is 0 Å². The van der Waals surface area contributed by atoms with Crippen molar-refractivity contribution in [3.8, 4) is 11.5 Å². The van der Waals surface area contributed by atoms with Gasteiger partial charge in [0.15, 0.2) is 11.5 Å². The minimum atomic E-state index is -0.665. The zero-order chi connectivity index (χ0) is 20.1. The van der Waals surface area contributed by atoms with E-state index in [-0.39, 0.29) is 21.0 Å². The molecule has 0 radical (unpaired) electrons. The van der Waals surface area contributed by atoms with Crippen LogP contribution in [0.2, 0.25) is 0 Å². The molecule has 0 aliphatic carbocycles. The molecule has 1 aromatic heterocycles.